The topological polar surface area (TPSA) is 89.5 Å². The van der Waals surface area contributed by atoms with Gasteiger partial charge in [0.1, 0.15) is 18.5 Å². The number of primary amides is 1. The van der Waals surface area contributed by atoms with E-state index in [-0.39, 0.29) is 6.61 Å². The van der Waals surface area contributed by atoms with Gasteiger partial charge in [0.25, 0.3) is 0 Å². The van der Waals surface area contributed by atoms with Crippen LogP contribution in [0.2, 0.25) is 0 Å². The molecule has 0 radical (unpaired) electrons. The Hall–Kier alpha value is -3.77. The third-order valence-corrected chi connectivity index (χ3v) is 4.83. The van der Waals surface area contributed by atoms with Crippen LogP contribution in [0.3, 0.4) is 0 Å². The number of benzene rings is 3. The minimum Gasteiger partial charge on any atom is -0.491 e. The molecule has 2 amide bonds. The standard InChI is InChI=1S/C24H23N3O3/c25-24(29)26-20-9-10-23-19(13-20)11-12-27(23)15-21(28)16-30-22-8-4-7-18(14-22)17-5-2-1-3-6-17/h1-14,21,28H,15-16H2,(H3,25,26,29). The fraction of sp³-hybridized carbons (Fsp3) is 0.125. The number of aromatic nitrogens is 1. The SMILES string of the molecule is NC(=O)Nc1ccc2c(ccn2CC(O)COc2cccc(-c3ccccc3)c2)c1. The van der Waals surface area contributed by atoms with Crippen molar-refractivity contribution in [3.63, 3.8) is 0 Å². The van der Waals surface area contributed by atoms with Crippen molar-refractivity contribution in [1.29, 1.82) is 0 Å². The summed E-state index contributed by atoms with van der Waals surface area (Å²) >= 11 is 0. The molecule has 152 valence electrons. The third kappa shape index (κ3) is 4.61. The fourth-order valence-corrected chi connectivity index (χ4v) is 3.45. The Labute approximate surface area is 174 Å². The lowest BCUT2D eigenvalue weighted by Crippen LogP contribution is -2.23. The molecular formula is C24H23N3O3. The van der Waals surface area contributed by atoms with Gasteiger partial charge in [-0.25, -0.2) is 4.79 Å². The summed E-state index contributed by atoms with van der Waals surface area (Å²) in [7, 11) is 0. The average molecular weight is 401 g/mol. The zero-order valence-electron chi connectivity index (χ0n) is 16.4. The number of nitrogens with two attached hydrogens (primary N) is 1. The molecule has 0 saturated carbocycles. The Kier molecular flexibility index (Phi) is 5.68. The van der Waals surface area contributed by atoms with E-state index in [0.29, 0.717) is 12.2 Å². The molecule has 0 aliphatic rings. The van der Waals surface area contributed by atoms with Gasteiger partial charge in [-0.05, 0) is 47.5 Å². The van der Waals surface area contributed by atoms with Crippen molar-refractivity contribution in [3.05, 3.63) is 85.1 Å². The Morgan fingerprint density at radius 3 is 2.60 bits per heavy atom. The molecule has 0 spiro atoms. The number of nitrogens with one attached hydrogen (secondary N) is 1. The molecule has 3 aromatic carbocycles. The maximum absolute atomic E-state index is 11.0. The van der Waals surface area contributed by atoms with E-state index in [1.807, 2.05) is 71.4 Å². The maximum atomic E-state index is 11.0. The van der Waals surface area contributed by atoms with Crippen molar-refractivity contribution < 1.29 is 14.6 Å². The largest absolute Gasteiger partial charge is 0.491 e. The van der Waals surface area contributed by atoms with Crippen LogP contribution in [-0.2, 0) is 6.54 Å². The third-order valence-electron chi connectivity index (χ3n) is 4.83. The summed E-state index contributed by atoms with van der Waals surface area (Å²) in [5.74, 6) is 0.718. The van der Waals surface area contributed by atoms with Gasteiger partial charge in [0.2, 0.25) is 0 Å². The van der Waals surface area contributed by atoms with Crippen LogP contribution in [0.5, 0.6) is 5.75 Å². The first kappa shape index (κ1) is 19.5. The molecule has 4 aromatic rings. The van der Waals surface area contributed by atoms with Crippen molar-refractivity contribution in [2.45, 2.75) is 12.6 Å². The number of ether oxygens (including phenoxy) is 1. The number of fused-ring (bicyclic) bond motifs is 1. The van der Waals surface area contributed by atoms with E-state index in [0.717, 1.165) is 27.8 Å². The molecule has 0 bridgehead atoms. The van der Waals surface area contributed by atoms with Crippen molar-refractivity contribution in [2.75, 3.05) is 11.9 Å². The summed E-state index contributed by atoms with van der Waals surface area (Å²) in [6.07, 6.45) is 1.22. The predicted molar refractivity (Wildman–Crippen MR) is 119 cm³/mol. The van der Waals surface area contributed by atoms with E-state index in [9.17, 15) is 9.90 Å². The van der Waals surface area contributed by atoms with E-state index in [1.54, 1.807) is 6.07 Å². The molecule has 30 heavy (non-hydrogen) atoms. The lowest BCUT2D eigenvalue weighted by Gasteiger charge is -2.15. The van der Waals surface area contributed by atoms with Gasteiger partial charge < -0.3 is 25.5 Å². The van der Waals surface area contributed by atoms with Gasteiger partial charge in [0, 0.05) is 22.8 Å². The van der Waals surface area contributed by atoms with Crippen LogP contribution >= 0.6 is 0 Å². The highest BCUT2D eigenvalue weighted by atomic mass is 16.5. The van der Waals surface area contributed by atoms with Crippen LogP contribution < -0.4 is 15.8 Å². The van der Waals surface area contributed by atoms with E-state index in [4.69, 9.17) is 10.5 Å². The first-order chi connectivity index (χ1) is 14.6. The van der Waals surface area contributed by atoms with E-state index in [1.165, 1.54) is 0 Å². The molecule has 1 atom stereocenters. The second-order valence-corrected chi connectivity index (χ2v) is 7.09. The van der Waals surface area contributed by atoms with E-state index < -0.39 is 12.1 Å². The highest BCUT2D eigenvalue weighted by Crippen LogP contribution is 2.24. The summed E-state index contributed by atoms with van der Waals surface area (Å²) in [5, 5.41) is 14.0. The number of aliphatic hydroxyl groups is 1. The van der Waals surface area contributed by atoms with Gasteiger partial charge in [-0.2, -0.15) is 0 Å². The van der Waals surface area contributed by atoms with Crippen LogP contribution in [0.15, 0.2) is 85.1 Å². The van der Waals surface area contributed by atoms with E-state index >= 15 is 0 Å². The highest BCUT2D eigenvalue weighted by Gasteiger charge is 2.10. The Bertz CT molecular complexity index is 1150. The minimum atomic E-state index is -0.676. The van der Waals surface area contributed by atoms with Crippen molar-refractivity contribution in [1.82, 2.24) is 4.57 Å². The molecule has 1 heterocycles. The molecule has 4 rings (SSSR count). The summed E-state index contributed by atoms with van der Waals surface area (Å²) in [4.78, 5) is 11.0. The molecule has 6 nitrogen and oxygen atoms in total. The van der Waals surface area contributed by atoms with Crippen molar-refractivity contribution in [2.24, 2.45) is 5.73 Å². The quantitative estimate of drug-likeness (QED) is 0.433. The van der Waals surface area contributed by atoms with Gasteiger partial charge in [-0.15, -0.1) is 0 Å². The van der Waals surface area contributed by atoms with Gasteiger partial charge in [0.05, 0.1) is 6.54 Å². The second-order valence-electron chi connectivity index (χ2n) is 7.09. The monoisotopic (exact) mass is 401 g/mol. The van der Waals surface area contributed by atoms with Crippen LogP contribution in [0.1, 0.15) is 0 Å². The maximum Gasteiger partial charge on any atom is 0.316 e. The number of hydrogen-bond acceptors (Lipinski definition) is 3. The number of aliphatic hydroxyl groups excluding tert-OH is 1. The first-order valence-corrected chi connectivity index (χ1v) is 9.70. The minimum absolute atomic E-state index is 0.180. The molecule has 0 fully saturated rings. The van der Waals surface area contributed by atoms with Gasteiger partial charge in [-0.3, -0.25) is 0 Å². The number of nitrogens with zero attached hydrogens (tertiary/aromatic N) is 1. The Balaban J connectivity index is 1.39. The number of hydrogen-bond donors (Lipinski definition) is 3. The van der Waals surface area contributed by atoms with Crippen LogP contribution in [0.4, 0.5) is 10.5 Å². The normalized spacial score (nSPS) is 11.9. The predicted octanol–water partition coefficient (Wildman–Crippen LogP) is 4.24. The molecule has 0 aliphatic heterocycles. The lowest BCUT2D eigenvalue weighted by molar-refractivity contribution is 0.0936. The molecule has 6 heteroatoms. The van der Waals surface area contributed by atoms with E-state index in [2.05, 4.69) is 17.4 Å². The smallest absolute Gasteiger partial charge is 0.316 e. The molecule has 1 unspecified atom stereocenters. The number of anilines is 1. The summed E-state index contributed by atoms with van der Waals surface area (Å²) in [5.41, 5.74) is 8.94. The highest BCUT2D eigenvalue weighted by molar-refractivity contribution is 5.92. The van der Waals surface area contributed by atoms with Crippen molar-refractivity contribution in [3.8, 4) is 16.9 Å². The molecule has 1 aromatic heterocycles. The zero-order chi connectivity index (χ0) is 20.9. The summed E-state index contributed by atoms with van der Waals surface area (Å²) in [6.45, 7) is 0.573. The van der Waals surface area contributed by atoms with Crippen LogP contribution in [-0.4, -0.2) is 28.4 Å². The Morgan fingerprint density at radius 2 is 1.80 bits per heavy atom. The molecule has 4 N–H and O–H groups in total. The second kappa shape index (κ2) is 8.71. The molecular weight excluding hydrogens is 378 g/mol. The van der Waals surface area contributed by atoms with Crippen LogP contribution in [0, 0.1) is 0 Å². The number of carbonyl (C=O) groups is 1. The van der Waals surface area contributed by atoms with Gasteiger partial charge >= 0.3 is 6.03 Å². The number of carbonyl (C=O) groups excluding carboxylic acids is 1. The summed E-state index contributed by atoms with van der Waals surface area (Å²) in [6, 6.07) is 24.8. The molecule has 0 aliphatic carbocycles. The van der Waals surface area contributed by atoms with Crippen molar-refractivity contribution >= 4 is 22.6 Å². The number of rotatable bonds is 7. The van der Waals surface area contributed by atoms with Gasteiger partial charge in [-0.1, -0.05) is 42.5 Å². The zero-order valence-corrected chi connectivity index (χ0v) is 16.4. The van der Waals surface area contributed by atoms with Gasteiger partial charge in [0.15, 0.2) is 0 Å². The summed E-state index contributed by atoms with van der Waals surface area (Å²) < 4.78 is 7.79. The Morgan fingerprint density at radius 1 is 1.00 bits per heavy atom. The number of urea groups is 1. The molecule has 0 saturated heterocycles. The van der Waals surface area contributed by atoms with Crippen LogP contribution in [0.25, 0.3) is 22.0 Å². The first-order valence-electron chi connectivity index (χ1n) is 9.70. The number of amides is 2. The fourth-order valence-electron chi connectivity index (χ4n) is 3.45. The lowest BCUT2D eigenvalue weighted by atomic mass is 10.1. The average Bonchev–Trinajstić information content (AvgIpc) is 3.14.